The number of alkyl halides is 3. The lowest BCUT2D eigenvalue weighted by Gasteiger charge is -2.39. The van der Waals surface area contributed by atoms with Gasteiger partial charge in [0, 0.05) is 23.7 Å². The molecule has 146 valence electrons. The molecule has 0 radical (unpaired) electrons. The summed E-state index contributed by atoms with van der Waals surface area (Å²) >= 11 is 0. The monoisotopic (exact) mass is 379 g/mol. The molecule has 2 atom stereocenters. The minimum absolute atomic E-state index is 0.0557. The number of anilines is 1. The van der Waals surface area contributed by atoms with Crippen molar-refractivity contribution in [2.45, 2.75) is 76.2 Å². The van der Waals surface area contributed by atoms with Gasteiger partial charge < -0.3 is 4.90 Å². The molecule has 0 saturated carbocycles. The Morgan fingerprint density at radius 1 is 0.963 bits per heavy atom. The Bertz CT molecular complexity index is 809. The van der Waals surface area contributed by atoms with E-state index in [1.54, 1.807) is 6.07 Å². The van der Waals surface area contributed by atoms with E-state index < -0.39 is 11.9 Å². The van der Waals surface area contributed by atoms with Gasteiger partial charge in [-0.1, -0.05) is 32.1 Å². The summed E-state index contributed by atoms with van der Waals surface area (Å²) in [6, 6.07) is 4.77. The van der Waals surface area contributed by atoms with Gasteiger partial charge in [0.2, 0.25) is 0 Å². The number of rotatable bonds is 2. The summed E-state index contributed by atoms with van der Waals surface area (Å²) < 4.78 is 41.0. The second kappa shape index (κ2) is 6.21. The molecule has 2 fully saturated rings. The van der Waals surface area contributed by atoms with Crippen LogP contribution in [0.3, 0.4) is 0 Å². The van der Waals surface area contributed by atoms with E-state index in [9.17, 15) is 13.2 Å². The first kappa shape index (κ1) is 18.3. The lowest BCUT2D eigenvalue weighted by molar-refractivity contribution is -0.141. The molecule has 2 aromatic rings. The van der Waals surface area contributed by atoms with Crippen LogP contribution in [0.1, 0.15) is 63.9 Å². The average molecular weight is 379 g/mol. The van der Waals surface area contributed by atoms with Crippen molar-refractivity contribution in [2.75, 3.05) is 4.90 Å². The molecule has 2 bridgehead atoms. The Hall–Kier alpha value is -2.12. The second-order valence-electron chi connectivity index (χ2n) is 8.63. The zero-order valence-electron chi connectivity index (χ0n) is 15.7. The van der Waals surface area contributed by atoms with Crippen molar-refractivity contribution in [1.29, 1.82) is 0 Å². The van der Waals surface area contributed by atoms with Gasteiger partial charge >= 0.3 is 6.18 Å². The van der Waals surface area contributed by atoms with E-state index in [-0.39, 0.29) is 23.5 Å². The Morgan fingerprint density at radius 3 is 2.19 bits per heavy atom. The van der Waals surface area contributed by atoms with E-state index in [2.05, 4.69) is 41.0 Å². The first-order valence-corrected chi connectivity index (χ1v) is 9.38. The first-order valence-electron chi connectivity index (χ1n) is 9.38. The number of pyridine rings is 1. The molecular formula is C19H24F3N5. The third kappa shape index (κ3) is 3.41. The molecule has 27 heavy (non-hydrogen) atoms. The highest BCUT2D eigenvalue weighted by Gasteiger charge is 2.43. The number of hydrogen-bond acceptors (Lipinski definition) is 4. The molecule has 2 aliphatic rings. The van der Waals surface area contributed by atoms with Crippen LogP contribution in [0.2, 0.25) is 0 Å². The molecule has 0 N–H and O–H groups in total. The molecule has 2 unspecified atom stereocenters. The summed E-state index contributed by atoms with van der Waals surface area (Å²) in [7, 11) is 0. The number of aromatic nitrogens is 4. The lowest BCUT2D eigenvalue weighted by Crippen LogP contribution is -2.44. The quantitative estimate of drug-likeness (QED) is 0.778. The standard InChI is InChI=1S/C19H24F3N5/c1-18(2,3)16-11-26(25-24-16)14-9-12-7-8-13(10-14)27(12)17-6-4-5-15(23-17)19(20,21)22/h4-6,11-14H,7-10H2,1-3H3. The van der Waals surface area contributed by atoms with Gasteiger partial charge in [-0.05, 0) is 37.8 Å². The van der Waals surface area contributed by atoms with Gasteiger partial charge in [0.15, 0.2) is 0 Å². The third-order valence-corrected chi connectivity index (χ3v) is 5.65. The lowest BCUT2D eigenvalue weighted by atomic mass is 9.93. The van der Waals surface area contributed by atoms with Crippen LogP contribution in [0.5, 0.6) is 0 Å². The highest BCUT2D eigenvalue weighted by molar-refractivity contribution is 5.45. The molecule has 2 saturated heterocycles. The van der Waals surface area contributed by atoms with Crippen LogP contribution in [-0.2, 0) is 11.6 Å². The maximum Gasteiger partial charge on any atom is 0.433 e. The fourth-order valence-corrected chi connectivity index (χ4v) is 4.26. The van der Waals surface area contributed by atoms with Gasteiger partial charge in [-0.15, -0.1) is 5.10 Å². The maximum atomic E-state index is 13.0. The van der Waals surface area contributed by atoms with Crippen molar-refractivity contribution in [1.82, 2.24) is 20.0 Å². The van der Waals surface area contributed by atoms with Crippen molar-refractivity contribution in [3.8, 4) is 0 Å². The highest BCUT2D eigenvalue weighted by atomic mass is 19.4. The Morgan fingerprint density at radius 2 is 1.63 bits per heavy atom. The zero-order chi connectivity index (χ0) is 19.4. The fourth-order valence-electron chi connectivity index (χ4n) is 4.26. The minimum atomic E-state index is -4.42. The van der Waals surface area contributed by atoms with Crippen LogP contribution in [0.4, 0.5) is 19.0 Å². The normalized spacial score (nSPS) is 25.9. The smallest absolute Gasteiger partial charge is 0.350 e. The van der Waals surface area contributed by atoms with Crippen LogP contribution in [0, 0.1) is 0 Å². The average Bonchev–Trinajstić information content (AvgIpc) is 3.17. The van der Waals surface area contributed by atoms with E-state index in [0.29, 0.717) is 5.82 Å². The van der Waals surface area contributed by atoms with Crippen LogP contribution in [-0.4, -0.2) is 32.1 Å². The summed E-state index contributed by atoms with van der Waals surface area (Å²) in [6.07, 6.45) is 1.24. The zero-order valence-corrected chi connectivity index (χ0v) is 15.7. The van der Waals surface area contributed by atoms with Gasteiger partial charge in [0.1, 0.15) is 11.5 Å². The Balaban J connectivity index is 1.55. The molecule has 2 aromatic heterocycles. The maximum absolute atomic E-state index is 13.0. The van der Waals surface area contributed by atoms with E-state index in [1.165, 1.54) is 6.07 Å². The summed E-state index contributed by atoms with van der Waals surface area (Å²) in [4.78, 5) is 6.00. The molecule has 4 heterocycles. The van der Waals surface area contributed by atoms with Crippen molar-refractivity contribution in [3.05, 3.63) is 35.8 Å². The topological polar surface area (TPSA) is 46.8 Å². The first-order chi connectivity index (χ1) is 12.6. The second-order valence-corrected chi connectivity index (χ2v) is 8.63. The largest absolute Gasteiger partial charge is 0.433 e. The van der Waals surface area contributed by atoms with Crippen molar-refractivity contribution >= 4 is 5.82 Å². The number of nitrogens with zero attached hydrogens (tertiary/aromatic N) is 5. The van der Waals surface area contributed by atoms with Gasteiger partial charge in [0.25, 0.3) is 0 Å². The molecule has 0 amide bonds. The Labute approximate surface area is 156 Å². The summed E-state index contributed by atoms with van der Waals surface area (Å²) in [5.41, 5.74) is 0.0734. The number of piperidine rings is 1. The van der Waals surface area contributed by atoms with Gasteiger partial charge in [-0.2, -0.15) is 13.2 Å². The molecule has 0 aromatic carbocycles. The van der Waals surface area contributed by atoms with Crippen LogP contribution < -0.4 is 4.90 Å². The Kier molecular flexibility index (Phi) is 4.20. The van der Waals surface area contributed by atoms with Gasteiger partial charge in [0.05, 0.1) is 11.7 Å². The number of halogens is 3. The summed E-state index contributed by atoms with van der Waals surface area (Å²) in [6.45, 7) is 6.31. The van der Waals surface area contributed by atoms with Crippen molar-refractivity contribution in [2.24, 2.45) is 0 Å². The third-order valence-electron chi connectivity index (χ3n) is 5.65. The van der Waals surface area contributed by atoms with Gasteiger partial charge in [-0.25, -0.2) is 9.67 Å². The molecule has 8 heteroatoms. The van der Waals surface area contributed by atoms with Crippen LogP contribution >= 0.6 is 0 Å². The van der Waals surface area contributed by atoms with Crippen LogP contribution in [0.25, 0.3) is 0 Å². The molecule has 0 aliphatic carbocycles. The van der Waals surface area contributed by atoms with Crippen molar-refractivity contribution in [3.63, 3.8) is 0 Å². The fraction of sp³-hybridized carbons (Fsp3) is 0.632. The summed E-state index contributed by atoms with van der Waals surface area (Å²) in [5, 5.41) is 8.64. The van der Waals surface area contributed by atoms with Crippen LogP contribution in [0.15, 0.2) is 24.4 Å². The molecule has 0 spiro atoms. The van der Waals surface area contributed by atoms with E-state index in [1.807, 2.05) is 10.9 Å². The van der Waals surface area contributed by atoms with E-state index >= 15 is 0 Å². The van der Waals surface area contributed by atoms with E-state index in [0.717, 1.165) is 37.4 Å². The molecular weight excluding hydrogens is 355 g/mol. The highest BCUT2D eigenvalue weighted by Crippen LogP contribution is 2.43. The number of fused-ring (bicyclic) bond motifs is 2. The number of hydrogen-bond donors (Lipinski definition) is 0. The summed E-state index contributed by atoms with van der Waals surface area (Å²) in [5.74, 6) is 0.435. The minimum Gasteiger partial charge on any atom is -0.350 e. The van der Waals surface area contributed by atoms with E-state index in [4.69, 9.17) is 0 Å². The van der Waals surface area contributed by atoms with Gasteiger partial charge in [-0.3, -0.25) is 0 Å². The SMILES string of the molecule is CC(C)(C)c1cn(C2CC3CCC(C2)N3c2cccc(C(F)(F)F)n2)nn1. The molecule has 4 rings (SSSR count). The molecule has 5 nitrogen and oxygen atoms in total. The predicted molar refractivity (Wildman–Crippen MR) is 95.5 cm³/mol. The predicted octanol–water partition coefficient (Wildman–Crippen LogP) is 4.36. The molecule has 2 aliphatic heterocycles. The van der Waals surface area contributed by atoms with Crippen molar-refractivity contribution < 1.29 is 13.2 Å².